The fourth-order valence-corrected chi connectivity index (χ4v) is 1.52. The van der Waals surface area contributed by atoms with Crippen molar-refractivity contribution in [1.82, 2.24) is 4.98 Å². The number of aromatic carboxylic acids is 1. The molecule has 1 aromatic heterocycles. The van der Waals surface area contributed by atoms with Crippen LogP contribution in [0.15, 0.2) is 18.5 Å². The molecule has 4 heteroatoms. The Morgan fingerprint density at radius 1 is 1.60 bits per heavy atom. The van der Waals surface area contributed by atoms with Gasteiger partial charge in [-0.05, 0) is 12.0 Å². The Labute approximate surface area is 89.6 Å². The van der Waals surface area contributed by atoms with Gasteiger partial charge in [-0.3, -0.25) is 4.98 Å². The summed E-state index contributed by atoms with van der Waals surface area (Å²) in [6.45, 7) is 4.99. The van der Waals surface area contributed by atoms with Crippen molar-refractivity contribution in [1.29, 1.82) is 0 Å². The van der Waals surface area contributed by atoms with Gasteiger partial charge in [0, 0.05) is 19.8 Å². The molecule has 15 heavy (non-hydrogen) atoms. The minimum Gasteiger partial charge on any atom is -0.478 e. The molecule has 4 nitrogen and oxygen atoms in total. The number of pyridine rings is 1. The fraction of sp³-hybridized carbons (Fsp3) is 0.455. The zero-order valence-electron chi connectivity index (χ0n) is 9.27. The molecule has 0 unspecified atom stereocenters. The lowest BCUT2D eigenvalue weighted by Gasteiger charge is -2.22. The van der Waals surface area contributed by atoms with Crippen LogP contribution in [-0.2, 0) is 0 Å². The van der Waals surface area contributed by atoms with Gasteiger partial charge in [0.15, 0.2) is 0 Å². The van der Waals surface area contributed by atoms with Crippen molar-refractivity contribution in [2.45, 2.75) is 13.8 Å². The van der Waals surface area contributed by atoms with Gasteiger partial charge in [-0.15, -0.1) is 0 Å². The Bertz CT molecular complexity index is 350. The van der Waals surface area contributed by atoms with E-state index in [9.17, 15) is 4.79 Å². The molecule has 82 valence electrons. The Morgan fingerprint density at radius 2 is 2.27 bits per heavy atom. The summed E-state index contributed by atoms with van der Waals surface area (Å²) in [5.74, 6) is -0.431. The number of carboxylic acid groups (broad SMARTS) is 1. The van der Waals surface area contributed by atoms with Crippen molar-refractivity contribution in [3.63, 3.8) is 0 Å². The van der Waals surface area contributed by atoms with Crippen molar-refractivity contribution in [2.75, 3.05) is 18.5 Å². The lowest BCUT2D eigenvalue weighted by molar-refractivity contribution is 0.0697. The van der Waals surface area contributed by atoms with Crippen LogP contribution >= 0.6 is 0 Å². The first kappa shape index (κ1) is 11.5. The first-order valence-electron chi connectivity index (χ1n) is 4.90. The van der Waals surface area contributed by atoms with Crippen LogP contribution < -0.4 is 4.90 Å². The number of carboxylic acids is 1. The van der Waals surface area contributed by atoms with Crippen LogP contribution in [0.3, 0.4) is 0 Å². The van der Waals surface area contributed by atoms with E-state index in [-0.39, 0.29) is 0 Å². The van der Waals surface area contributed by atoms with Gasteiger partial charge in [0.25, 0.3) is 0 Å². The highest BCUT2D eigenvalue weighted by atomic mass is 16.4. The zero-order valence-corrected chi connectivity index (χ0v) is 9.27. The summed E-state index contributed by atoms with van der Waals surface area (Å²) in [4.78, 5) is 16.8. The second-order valence-electron chi connectivity index (χ2n) is 3.97. The average Bonchev–Trinajstić information content (AvgIpc) is 2.16. The summed E-state index contributed by atoms with van der Waals surface area (Å²) in [7, 11) is 1.88. The number of aromatic nitrogens is 1. The van der Waals surface area contributed by atoms with Gasteiger partial charge in [-0.1, -0.05) is 13.8 Å². The molecule has 1 N–H and O–H groups in total. The molecular weight excluding hydrogens is 192 g/mol. The quantitative estimate of drug-likeness (QED) is 0.820. The predicted octanol–water partition coefficient (Wildman–Crippen LogP) is 1.87. The highest BCUT2D eigenvalue weighted by Gasteiger charge is 2.13. The van der Waals surface area contributed by atoms with E-state index in [1.165, 1.54) is 12.3 Å². The predicted molar refractivity (Wildman–Crippen MR) is 59.3 cm³/mol. The third-order valence-corrected chi connectivity index (χ3v) is 2.08. The molecule has 0 atom stereocenters. The standard InChI is InChI=1S/C11H16N2O2/c1-8(2)7-13(3)10-6-12-5-4-9(10)11(14)15/h4-6,8H,7H2,1-3H3,(H,14,15). The Kier molecular flexibility index (Phi) is 3.66. The number of hydrogen-bond acceptors (Lipinski definition) is 3. The SMILES string of the molecule is CC(C)CN(C)c1cnccc1C(=O)O. The fourth-order valence-electron chi connectivity index (χ4n) is 1.52. The highest BCUT2D eigenvalue weighted by Crippen LogP contribution is 2.18. The van der Waals surface area contributed by atoms with E-state index < -0.39 is 5.97 Å². The minimum atomic E-state index is -0.914. The molecule has 0 aliphatic rings. The van der Waals surface area contributed by atoms with E-state index in [2.05, 4.69) is 18.8 Å². The smallest absolute Gasteiger partial charge is 0.337 e. The number of nitrogens with zero attached hydrogens (tertiary/aromatic N) is 2. The van der Waals surface area contributed by atoms with Crippen molar-refractivity contribution < 1.29 is 9.90 Å². The molecule has 0 bridgehead atoms. The molecule has 0 saturated heterocycles. The van der Waals surface area contributed by atoms with Gasteiger partial charge in [-0.2, -0.15) is 0 Å². The summed E-state index contributed by atoms with van der Waals surface area (Å²) in [5.41, 5.74) is 0.965. The summed E-state index contributed by atoms with van der Waals surface area (Å²) in [6, 6.07) is 1.52. The zero-order chi connectivity index (χ0) is 11.4. The number of rotatable bonds is 4. The molecule has 0 radical (unpaired) electrons. The summed E-state index contributed by atoms with van der Waals surface area (Å²) < 4.78 is 0. The van der Waals surface area contributed by atoms with E-state index in [1.54, 1.807) is 6.20 Å². The topological polar surface area (TPSA) is 53.4 Å². The third kappa shape index (κ3) is 2.94. The highest BCUT2D eigenvalue weighted by molar-refractivity contribution is 5.94. The van der Waals surface area contributed by atoms with E-state index in [0.717, 1.165) is 6.54 Å². The Morgan fingerprint density at radius 3 is 2.80 bits per heavy atom. The molecule has 0 aromatic carbocycles. The van der Waals surface area contributed by atoms with Crippen molar-refractivity contribution in [2.24, 2.45) is 5.92 Å². The lowest BCUT2D eigenvalue weighted by atomic mass is 10.1. The van der Waals surface area contributed by atoms with Crippen LogP contribution in [0.25, 0.3) is 0 Å². The van der Waals surface area contributed by atoms with Crippen molar-refractivity contribution in [3.8, 4) is 0 Å². The second kappa shape index (κ2) is 4.77. The third-order valence-electron chi connectivity index (χ3n) is 2.08. The van der Waals surface area contributed by atoms with E-state index in [4.69, 9.17) is 5.11 Å². The molecule has 1 heterocycles. The molecule has 0 fully saturated rings. The van der Waals surface area contributed by atoms with Crippen LogP contribution in [0, 0.1) is 5.92 Å². The first-order valence-corrected chi connectivity index (χ1v) is 4.90. The molecule has 0 aliphatic carbocycles. The van der Waals surface area contributed by atoms with E-state index in [0.29, 0.717) is 17.2 Å². The van der Waals surface area contributed by atoms with Crippen molar-refractivity contribution in [3.05, 3.63) is 24.0 Å². The monoisotopic (exact) mass is 208 g/mol. The van der Waals surface area contributed by atoms with Crippen molar-refractivity contribution >= 4 is 11.7 Å². The summed E-state index contributed by atoms with van der Waals surface area (Å²) in [6.07, 6.45) is 3.09. The Hall–Kier alpha value is -1.58. The maximum absolute atomic E-state index is 11.0. The largest absolute Gasteiger partial charge is 0.478 e. The second-order valence-corrected chi connectivity index (χ2v) is 3.97. The van der Waals surface area contributed by atoms with Crippen LogP contribution in [0.4, 0.5) is 5.69 Å². The first-order chi connectivity index (χ1) is 7.02. The maximum atomic E-state index is 11.0. The van der Waals surface area contributed by atoms with E-state index >= 15 is 0 Å². The van der Waals surface area contributed by atoms with Gasteiger partial charge >= 0.3 is 5.97 Å². The maximum Gasteiger partial charge on any atom is 0.337 e. The Balaban J connectivity index is 2.97. The molecule has 0 saturated carbocycles. The molecular formula is C11H16N2O2. The molecule has 0 spiro atoms. The number of carbonyl (C=O) groups is 1. The van der Waals surface area contributed by atoms with Gasteiger partial charge in [0.1, 0.15) is 0 Å². The number of anilines is 1. The minimum absolute atomic E-state index is 0.299. The van der Waals surface area contributed by atoms with Crippen LogP contribution in [0.2, 0.25) is 0 Å². The van der Waals surface area contributed by atoms with Crippen LogP contribution in [0.1, 0.15) is 24.2 Å². The van der Waals surface area contributed by atoms with Gasteiger partial charge in [0.2, 0.25) is 0 Å². The normalized spacial score (nSPS) is 10.4. The van der Waals surface area contributed by atoms with Crippen LogP contribution in [0.5, 0.6) is 0 Å². The molecule has 0 amide bonds. The van der Waals surface area contributed by atoms with Gasteiger partial charge in [-0.25, -0.2) is 4.79 Å². The lowest BCUT2D eigenvalue weighted by Crippen LogP contribution is -2.24. The summed E-state index contributed by atoms with van der Waals surface area (Å²) >= 11 is 0. The molecule has 0 aliphatic heterocycles. The van der Waals surface area contributed by atoms with Gasteiger partial charge in [0.05, 0.1) is 17.4 Å². The van der Waals surface area contributed by atoms with Gasteiger partial charge < -0.3 is 10.0 Å². The molecule has 1 rings (SSSR count). The van der Waals surface area contributed by atoms with E-state index in [1.807, 2.05) is 11.9 Å². The number of hydrogen-bond donors (Lipinski definition) is 1. The molecule has 1 aromatic rings. The van der Waals surface area contributed by atoms with Crippen LogP contribution in [-0.4, -0.2) is 29.7 Å². The summed E-state index contributed by atoms with van der Waals surface area (Å²) in [5, 5.41) is 8.99. The average molecular weight is 208 g/mol.